The van der Waals surface area contributed by atoms with E-state index in [-0.39, 0.29) is 18.5 Å². The topological polar surface area (TPSA) is 76.4 Å². The van der Waals surface area contributed by atoms with Gasteiger partial charge in [-0.05, 0) is 31.0 Å². The minimum absolute atomic E-state index is 0.146. The molecular formula is C17H20N4O2. The van der Waals surface area contributed by atoms with Gasteiger partial charge < -0.3 is 10.2 Å². The van der Waals surface area contributed by atoms with E-state index in [1.807, 2.05) is 6.07 Å². The average molecular weight is 312 g/mol. The van der Waals surface area contributed by atoms with Gasteiger partial charge in [-0.1, -0.05) is 25.1 Å². The van der Waals surface area contributed by atoms with Crippen LogP contribution in [0.1, 0.15) is 30.9 Å². The van der Waals surface area contributed by atoms with Crippen LogP contribution in [0.2, 0.25) is 0 Å². The van der Waals surface area contributed by atoms with Gasteiger partial charge in [-0.15, -0.1) is 0 Å². The number of hydrogen-bond acceptors (Lipinski definition) is 4. The standard InChI is InChI=1S/C17H20N4O2/c1-2-20-9-7-17(8-10-20)15(22)21(16(23)19-17)12-14-6-4-3-5-13(14)11-18/h3-6H,2,7-10,12H2,1H3,(H,19,23). The Morgan fingerprint density at radius 3 is 2.61 bits per heavy atom. The predicted molar refractivity (Wildman–Crippen MR) is 84.3 cm³/mol. The molecule has 0 bridgehead atoms. The van der Waals surface area contributed by atoms with Gasteiger partial charge in [0.05, 0.1) is 18.2 Å². The summed E-state index contributed by atoms with van der Waals surface area (Å²) in [5.41, 5.74) is 0.432. The SMILES string of the molecule is CCN1CCC2(CC1)NC(=O)N(Cc1ccccc1C#N)C2=O. The molecule has 1 spiro atoms. The summed E-state index contributed by atoms with van der Waals surface area (Å²) in [7, 11) is 0. The molecule has 120 valence electrons. The van der Waals surface area contributed by atoms with Gasteiger partial charge in [-0.3, -0.25) is 9.69 Å². The highest BCUT2D eigenvalue weighted by Gasteiger charge is 2.52. The van der Waals surface area contributed by atoms with Crippen molar-refractivity contribution in [1.29, 1.82) is 5.26 Å². The molecule has 2 aliphatic rings. The smallest absolute Gasteiger partial charge is 0.323 e. The first-order chi connectivity index (χ1) is 11.1. The fourth-order valence-corrected chi connectivity index (χ4v) is 3.35. The van der Waals surface area contributed by atoms with Crippen LogP contribution in [0, 0.1) is 11.3 Å². The Labute approximate surface area is 135 Å². The molecule has 3 rings (SSSR count). The number of urea groups is 1. The number of rotatable bonds is 3. The summed E-state index contributed by atoms with van der Waals surface area (Å²) in [4.78, 5) is 28.7. The zero-order valence-corrected chi connectivity index (χ0v) is 13.2. The lowest BCUT2D eigenvalue weighted by molar-refractivity contribution is -0.133. The zero-order valence-electron chi connectivity index (χ0n) is 13.2. The van der Waals surface area contributed by atoms with Gasteiger partial charge in [-0.25, -0.2) is 4.79 Å². The first-order valence-corrected chi connectivity index (χ1v) is 7.94. The van der Waals surface area contributed by atoms with Crippen molar-refractivity contribution in [2.75, 3.05) is 19.6 Å². The van der Waals surface area contributed by atoms with E-state index in [9.17, 15) is 9.59 Å². The van der Waals surface area contributed by atoms with E-state index in [2.05, 4.69) is 23.2 Å². The second-order valence-corrected chi connectivity index (χ2v) is 6.11. The number of imide groups is 1. The Kier molecular flexibility index (Phi) is 4.05. The molecule has 1 N–H and O–H groups in total. The second-order valence-electron chi connectivity index (χ2n) is 6.11. The number of amides is 3. The molecule has 0 radical (unpaired) electrons. The third-order valence-corrected chi connectivity index (χ3v) is 4.87. The van der Waals surface area contributed by atoms with Gasteiger partial charge >= 0.3 is 6.03 Å². The molecule has 3 amide bonds. The highest BCUT2D eigenvalue weighted by Crippen LogP contribution is 2.30. The van der Waals surface area contributed by atoms with Crippen LogP contribution < -0.4 is 5.32 Å². The van der Waals surface area contributed by atoms with Crippen LogP contribution in [0.4, 0.5) is 4.79 Å². The second kappa shape index (κ2) is 6.01. The van der Waals surface area contributed by atoms with Gasteiger partial charge in [0.2, 0.25) is 0 Å². The van der Waals surface area contributed by atoms with Gasteiger partial charge in [0.1, 0.15) is 5.54 Å². The number of likely N-dealkylation sites (tertiary alicyclic amines) is 1. The van der Waals surface area contributed by atoms with E-state index in [1.54, 1.807) is 18.2 Å². The van der Waals surface area contributed by atoms with Gasteiger partial charge in [0.15, 0.2) is 0 Å². The first kappa shape index (κ1) is 15.5. The summed E-state index contributed by atoms with van der Waals surface area (Å²) in [5, 5.41) is 12.1. The Bertz CT molecular complexity index is 671. The van der Waals surface area contributed by atoms with E-state index in [1.165, 1.54) is 4.90 Å². The molecule has 0 saturated carbocycles. The monoisotopic (exact) mass is 312 g/mol. The van der Waals surface area contributed by atoms with Crippen LogP contribution in [0.25, 0.3) is 0 Å². The molecule has 0 aromatic heterocycles. The summed E-state index contributed by atoms with van der Waals surface area (Å²) < 4.78 is 0. The van der Waals surface area contributed by atoms with Crippen molar-refractivity contribution >= 4 is 11.9 Å². The molecule has 0 unspecified atom stereocenters. The van der Waals surface area contributed by atoms with E-state index in [0.29, 0.717) is 24.0 Å². The van der Waals surface area contributed by atoms with Crippen molar-refractivity contribution in [3.05, 3.63) is 35.4 Å². The summed E-state index contributed by atoms with van der Waals surface area (Å²) in [6.07, 6.45) is 1.28. The molecule has 2 fully saturated rings. The van der Waals surface area contributed by atoms with Gasteiger partial charge in [0.25, 0.3) is 5.91 Å². The Morgan fingerprint density at radius 2 is 1.96 bits per heavy atom. The van der Waals surface area contributed by atoms with Crippen molar-refractivity contribution in [3.8, 4) is 6.07 Å². The van der Waals surface area contributed by atoms with Crippen LogP contribution in [0.3, 0.4) is 0 Å². The van der Waals surface area contributed by atoms with Gasteiger partial charge in [-0.2, -0.15) is 5.26 Å². The van der Waals surface area contributed by atoms with Crippen LogP contribution in [0.5, 0.6) is 0 Å². The summed E-state index contributed by atoms with van der Waals surface area (Å²) >= 11 is 0. The molecule has 1 aromatic carbocycles. The lowest BCUT2D eigenvalue weighted by atomic mass is 9.87. The number of nitriles is 1. The number of carbonyl (C=O) groups excluding carboxylic acids is 2. The van der Waals surface area contributed by atoms with Gasteiger partial charge in [0, 0.05) is 13.1 Å². The van der Waals surface area contributed by atoms with Crippen molar-refractivity contribution in [2.45, 2.75) is 31.8 Å². The number of carbonyl (C=O) groups is 2. The van der Waals surface area contributed by atoms with Crippen LogP contribution in [0.15, 0.2) is 24.3 Å². The molecule has 1 aromatic rings. The molecular weight excluding hydrogens is 292 g/mol. The molecule has 2 saturated heterocycles. The average Bonchev–Trinajstić information content (AvgIpc) is 2.80. The van der Waals surface area contributed by atoms with Crippen molar-refractivity contribution in [1.82, 2.24) is 15.1 Å². The minimum atomic E-state index is -0.760. The van der Waals surface area contributed by atoms with E-state index in [0.717, 1.165) is 19.6 Å². The third-order valence-electron chi connectivity index (χ3n) is 4.87. The molecule has 2 heterocycles. The Balaban J connectivity index is 1.79. The number of hydrogen-bond donors (Lipinski definition) is 1. The van der Waals surface area contributed by atoms with Crippen LogP contribution >= 0.6 is 0 Å². The maximum Gasteiger partial charge on any atom is 0.325 e. The maximum absolute atomic E-state index is 12.8. The van der Waals surface area contributed by atoms with Crippen molar-refractivity contribution in [2.24, 2.45) is 0 Å². The molecule has 23 heavy (non-hydrogen) atoms. The van der Waals surface area contributed by atoms with Crippen LogP contribution in [-0.4, -0.2) is 46.9 Å². The number of piperidine rings is 1. The summed E-state index contributed by atoms with van der Waals surface area (Å²) in [6, 6.07) is 8.82. The van der Waals surface area contributed by atoms with Crippen LogP contribution in [-0.2, 0) is 11.3 Å². The quantitative estimate of drug-likeness (QED) is 0.857. The summed E-state index contributed by atoms with van der Waals surface area (Å²) in [5.74, 6) is -0.161. The van der Waals surface area contributed by atoms with Crippen molar-refractivity contribution < 1.29 is 9.59 Å². The fourth-order valence-electron chi connectivity index (χ4n) is 3.35. The molecule has 0 atom stereocenters. The highest BCUT2D eigenvalue weighted by molar-refractivity contribution is 6.07. The van der Waals surface area contributed by atoms with Crippen molar-refractivity contribution in [3.63, 3.8) is 0 Å². The zero-order chi connectivity index (χ0) is 16.4. The highest BCUT2D eigenvalue weighted by atomic mass is 16.2. The normalized spacial score (nSPS) is 20.6. The maximum atomic E-state index is 12.8. The van der Waals surface area contributed by atoms with E-state index < -0.39 is 5.54 Å². The van der Waals surface area contributed by atoms with E-state index in [4.69, 9.17) is 5.26 Å². The van der Waals surface area contributed by atoms with E-state index >= 15 is 0 Å². The Hall–Kier alpha value is -2.39. The lowest BCUT2D eigenvalue weighted by Crippen LogP contribution is -2.54. The fraction of sp³-hybridized carbons (Fsp3) is 0.471. The number of nitrogens with one attached hydrogen (secondary N) is 1. The predicted octanol–water partition coefficient (Wildman–Crippen LogP) is 1.46. The number of nitrogens with zero attached hydrogens (tertiary/aromatic N) is 3. The lowest BCUT2D eigenvalue weighted by Gasteiger charge is -2.36. The molecule has 0 aliphatic carbocycles. The molecule has 6 heteroatoms. The first-order valence-electron chi connectivity index (χ1n) is 7.94. The largest absolute Gasteiger partial charge is 0.325 e. The minimum Gasteiger partial charge on any atom is -0.323 e. The molecule has 2 aliphatic heterocycles. The number of benzene rings is 1. The Morgan fingerprint density at radius 1 is 1.26 bits per heavy atom. The molecule has 6 nitrogen and oxygen atoms in total. The third kappa shape index (κ3) is 2.68. The summed E-state index contributed by atoms with van der Waals surface area (Å²) in [6.45, 7) is 4.82.